The van der Waals surface area contributed by atoms with E-state index in [1.807, 2.05) is 6.07 Å². The third-order valence-corrected chi connectivity index (χ3v) is 5.24. The predicted molar refractivity (Wildman–Crippen MR) is 99.3 cm³/mol. The first-order chi connectivity index (χ1) is 12.2. The van der Waals surface area contributed by atoms with Crippen molar-refractivity contribution < 1.29 is 9.47 Å². The number of benzene rings is 2. The molecule has 1 N–H and O–H groups in total. The van der Waals surface area contributed by atoms with E-state index in [0.717, 1.165) is 44.1 Å². The highest BCUT2D eigenvalue weighted by molar-refractivity contribution is 5.44. The Morgan fingerprint density at radius 2 is 1.80 bits per heavy atom. The maximum absolute atomic E-state index is 5.75. The number of ether oxygens (including phenoxy) is 2. The molecule has 4 heteroatoms. The van der Waals surface area contributed by atoms with Crippen LogP contribution in [0.1, 0.15) is 18.1 Å². The molecule has 4 nitrogen and oxygen atoms in total. The third kappa shape index (κ3) is 3.65. The fourth-order valence-electron chi connectivity index (χ4n) is 3.84. The maximum Gasteiger partial charge on any atom is 0.161 e. The molecule has 0 radical (unpaired) electrons. The van der Waals surface area contributed by atoms with Crippen molar-refractivity contribution >= 4 is 0 Å². The molecule has 1 saturated heterocycles. The second-order valence-corrected chi connectivity index (χ2v) is 7.24. The van der Waals surface area contributed by atoms with Crippen molar-refractivity contribution in [2.45, 2.75) is 25.4 Å². The van der Waals surface area contributed by atoms with E-state index >= 15 is 0 Å². The molecule has 132 valence electrons. The molecule has 0 bridgehead atoms. The lowest BCUT2D eigenvalue weighted by Gasteiger charge is -2.45. The molecule has 0 spiro atoms. The van der Waals surface area contributed by atoms with Gasteiger partial charge >= 0.3 is 0 Å². The second-order valence-electron chi connectivity index (χ2n) is 7.24. The topological polar surface area (TPSA) is 33.7 Å². The highest BCUT2D eigenvalue weighted by Gasteiger charge is 2.34. The molecule has 2 aliphatic rings. The molecule has 0 amide bonds. The van der Waals surface area contributed by atoms with E-state index in [0.29, 0.717) is 13.2 Å². The Labute approximate surface area is 149 Å². The van der Waals surface area contributed by atoms with Gasteiger partial charge < -0.3 is 14.8 Å². The summed E-state index contributed by atoms with van der Waals surface area (Å²) in [4.78, 5) is 2.61. The Hall–Kier alpha value is -2.04. The molecular formula is C21H26N2O2. The molecule has 25 heavy (non-hydrogen) atoms. The average molecular weight is 338 g/mol. The van der Waals surface area contributed by atoms with Crippen molar-refractivity contribution in [1.82, 2.24) is 10.2 Å². The molecule has 2 aromatic carbocycles. The molecule has 0 saturated carbocycles. The maximum atomic E-state index is 5.75. The monoisotopic (exact) mass is 338 g/mol. The van der Waals surface area contributed by atoms with E-state index in [4.69, 9.17) is 9.47 Å². The quantitative estimate of drug-likeness (QED) is 0.929. The van der Waals surface area contributed by atoms with Gasteiger partial charge in [0.15, 0.2) is 11.5 Å². The van der Waals surface area contributed by atoms with Crippen molar-refractivity contribution in [3.63, 3.8) is 0 Å². The molecule has 2 heterocycles. The van der Waals surface area contributed by atoms with Crippen LogP contribution in [0.15, 0.2) is 48.5 Å². The smallest absolute Gasteiger partial charge is 0.161 e. The van der Waals surface area contributed by atoms with E-state index in [9.17, 15) is 0 Å². The summed E-state index contributed by atoms with van der Waals surface area (Å²) < 4.78 is 11.4. The molecule has 1 atom stereocenters. The lowest BCUT2D eigenvalue weighted by atomic mass is 9.88. The number of rotatable bonds is 4. The van der Waals surface area contributed by atoms with Crippen LogP contribution in [0.4, 0.5) is 0 Å². The van der Waals surface area contributed by atoms with Gasteiger partial charge in [0.05, 0.1) is 0 Å². The zero-order chi connectivity index (χ0) is 17.1. The normalized spacial score (nSPS) is 23.4. The van der Waals surface area contributed by atoms with Crippen LogP contribution in [0.2, 0.25) is 0 Å². The molecule has 0 aromatic heterocycles. The fourth-order valence-corrected chi connectivity index (χ4v) is 3.84. The van der Waals surface area contributed by atoms with E-state index in [2.05, 4.69) is 59.6 Å². The first-order valence-electron chi connectivity index (χ1n) is 9.11. The standard InChI is InChI=1S/C21H26N2O2/c1-21(14-18-7-8-19-20(13-18)25-12-11-24-19)16-22-9-10-23(21)15-17-5-3-2-4-6-17/h2-8,13,22H,9-12,14-16H2,1H3. The zero-order valence-corrected chi connectivity index (χ0v) is 14.8. The molecule has 1 unspecified atom stereocenters. The Bertz CT molecular complexity index is 719. The van der Waals surface area contributed by atoms with Gasteiger partial charge in [-0.3, -0.25) is 4.90 Å². The Kier molecular flexibility index (Phi) is 4.64. The third-order valence-electron chi connectivity index (χ3n) is 5.24. The zero-order valence-electron chi connectivity index (χ0n) is 14.8. The van der Waals surface area contributed by atoms with Crippen LogP contribution in [0, 0.1) is 0 Å². The van der Waals surface area contributed by atoms with Crippen molar-refractivity contribution in [2.24, 2.45) is 0 Å². The van der Waals surface area contributed by atoms with Gasteiger partial charge in [-0.2, -0.15) is 0 Å². The van der Waals surface area contributed by atoms with Crippen LogP contribution >= 0.6 is 0 Å². The molecule has 4 rings (SSSR count). The predicted octanol–water partition coefficient (Wildman–Crippen LogP) is 2.86. The van der Waals surface area contributed by atoms with E-state index in [-0.39, 0.29) is 5.54 Å². The van der Waals surface area contributed by atoms with Crippen LogP contribution in [0.3, 0.4) is 0 Å². The number of hydrogen-bond donors (Lipinski definition) is 1. The largest absolute Gasteiger partial charge is 0.486 e. The first kappa shape index (κ1) is 16.4. The summed E-state index contributed by atoms with van der Waals surface area (Å²) in [5, 5.41) is 3.58. The van der Waals surface area contributed by atoms with Crippen LogP contribution in [-0.4, -0.2) is 43.3 Å². The van der Waals surface area contributed by atoms with Crippen molar-refractivity contribution in [1.29, 1.82) is 0 Å². The summed E-state index contributed by atoms with van der Waals surface area (Å²) in [6.45, 7) is 7.73. The van der Waals surface area contributed by atoms with Crippen LogP contribution in [-0.2, 0) is 13.0 Å². The van der Waals surface area contributed by atoms with E-state index in [1.54, 1.807) is 0 Å². The van der Waals surface area contributed by atoms with Gasteiger partial charge in [-0.15, -0.1) is 0 Å². The highest BCUT2D eigenvalue weighted by Crippen LogP contribution is 2.33. The summed E-state index contributed by atoms with van der Waals surface area (Å²) in [6.07, 6.45) is 0.990. The van der Waals surface area contributed by atoms with Gasteiger partial charge in [0.25, 0.3) is 0 Å². The highest BCUT2D eigenvalue weighted by atomic mass is 16.6. The van der Waals surface area contributed by atoms with Gasteiger partial charge in [0, 0.05) is 31.7 Å². The Morgan fingerprint density at radius 1 is 1.00 bits per heavy atom. The summed E-state index contributed by atoms with van der Waals surface area (Å²) >= 11 is 0. The van der Waals surface area contributed by atoms with Crippen molar-refractivity contribution in [2.75, 3.05) is 32.8 Å². The number of nitrogens with one attached hydrogen (secondary N) is 1. The number of hydrogen-bond acceptors (Lipinski definition) is 4. The van der Waals surface area contributed by atoms with Gasteiger partial charge in [0.2, 0.25) is 0 Å². The minimum Gasteiger partial charge on any atom is -0.486 e. The summed E-state index contributed by atoms with van der Waals surface area (Å²) in [6, 6.07) is 17.1. The Balaban J connectivity index is 1.53. The first-order valence-corrected chi connectivity index (χ1v) is 9.11. The molecule has 1 fully saturated rings. The number of nitrogens with zero attached hydrogens (tertiary/aromatic N) is 1. The molecule has 2 aromatic rings. The summed E-state index contributed by atoms with van der Waals surface area (Å²) in [5.74, 6) is 1.74. The lowest BCUT2D eigenvalue weighted by Crippen LogP contribution is -2.60. The fraction of sp³-hybridized carbons (Fsp3) is 0.429. The summed E-state index contributed by atoms with van der Waals surface area (Å²) in [5.41, 5.74) is 2.75. The van der Waals surface area contributed by atoms with Crippen molar-refractivity contribution in [3.8, 4) is 11.5 Å². The van der Waals surface area contributed by atoms with E-state index in [1.165, 1.54) is 11.1 Å². The Morgan fingerprint density at radius 3 is 2.64 bits per heavy atom. The molecule has 2 aliphatic heterocycles. The minimum atomic E-state index is 0.0812. The second kappa shape index (κ2) is 7.06. The number of piperazine rings is 1. The van der Waals surface area contributed by atoms with Gasteiger partial charge in [-0.25, -0.2) is 0 Å². The number of fused-ring (bicyclic) bond motifs is 1. The van der Waals surface area contributed by atoms with Crippen LogP contribution in [0.25, 0.3) is 0 Å². The average Bonchev–Trinajstić information content (AvgIpc) is 2.64. The van der Waals surface area contributed by atoms with Crippen molar-refractivity contribution in [3.05, 3.63) is 59.7 Å². The SMILES string of the molecule is CC1(Cc2ccc3c(c2)OCCO3)CNCCN1Cc1ccccc1. The lowest BCUT2D eigenvalue weighted by molar-refractivity contribution is 0.0670. The molecular weight excluding hydrogens is 312 g/mol. The van der Waals surface area contributed by atoms with Gasteiger partial charge in [0.1, 0.15) is 13.2 Å². The van der Waals surface area contributed by atoms with Crippen LogP contribution < -0.4 is 14.8 Å². The summed E-state index contributed by atoms with van der Waals surface area (Å²) in [7, 11) is 0. The van der Waals surface area contributed by atoms with Crippen LogP contribution in [0.5, 0.6) is 11.5 Å². The minimum absolute atomic E-state index is 0.0812. The van der Waals surface area contributed by atoms with E-state index < -0.39 is 0 Å². The molecule has 0 aliphatic carbocycles. The van der Waals surface area contributed by atoms with Gasteiger partial charge in [-0.1, -0.05) is 36.4 Å². The van der Waals surface area contributed by atoms with Gasteiger partial charge in [-0.05, 0) is 36.6 Å².